The molecule has 0 aromatic carbocycles. The summed E-state index contributed by atoms with van der Waals surface area (Å²) in [6, 6.07) is 0. The van der Waals surface area contributed by atoms with Gasteiger partial charge in [0.2, 0.25) is 0 Å². The molecule has 0 N–H and O–H groups in total. The van der Waals surface area contributed by atoms with Crippen molar-refractivity contribution in [2.24, 2.45) is 0 Å². The molecule has 0 bridgehead atoms. The first-order valence-electron chi connectivity index (χ1n) is 3.41. The molecule has 0 amide bonds. The van der Waals surface area contributed by atoms with Crippen molar-refractivity contribution in [2.75, 3.05) is 0 Å². The fraction of sp³-hybridized carbons (Fsp3) is 0.833. The first kappa shape index (κ1) is 14.4. The number of hydrogen-bond donors (Lipinski definition) is 0. The van der Waals surface area contributed by atoms with E-state index in [-0.39, 0.29) is 0 Å². The second kappa shape index (κ2) is 4.09. The number of halogens is 9. The Hall–Kier alpha value is -0.630. The zero-order chi connectivity index (χ0) is 12.5. The van der Waals surface area contributed by atoms with Crippen molar-refractivity contribution in [1.29, 1.82) is 0 Å². The predicted octanol–water partition coefficient (Wildman–Crippen LogP) is 4.03. The van der Waals surface area contributed by atoms with Gasteiger partial charge in [0.25, 0.3) is 0 Å². The third-order valence-corrected chi connectivity index (χ3v) is 1.34. The van der Waals surface area contributed by atoms with E-state index in [9.17, 15) is 39.5 Å². The second-order valence-electron chi connectivity index (χ2n) is 2.59. The highest BCUT2D eigenvalue weighted by Gasteiger charge is 2.57. The Morgan fingerprint density at radius 3 is 1.20 bits per heavy atom. The molecule has 0 fully saturated rings. The first-order chi connectivity index (χ1) is 6.34. The molecule has 0 nitrogen and oxygen atoms in total. The molecule has 0 unspecified atom stereocenters. The van der Waals surface area contributed by atoms with E-state index in [2.05, 4.69) is 0 Å². The normalized spacial score (nSPS) is 14.8. The van der Waals surface area contributed by atoms with E-state index in [1.54, 1.807) is 0 Å². The van der Waals surface area contributed by atoms with Crippen LogP contribution >= 0.6 is 0 Å². The van der Waals surface area contributed by atoms with Gasteiger partial charge in [0.05, 0.1) is 0 Å². The third-order valence-electron chi connectivity index (χ3n) is 1.34. The zero-order valence-corrected chi connectivity index (χ0v) is 6.82. The molecular formula is C6H4F9. The van der Waals surface area contributed by atoms with Crippen LogP contribution in [-0.2, 0) is 0 Å². The van der Waals surface area contributed by atoms with E-state index in [0.717, 1.165) is 0 Å². The first-order valence-corrected chi connectivity index (χ1v) is 3.41. The van der Waals surface area contributed by atoms with Gasteiger partial charge in [-0.15, -0.1) is 0 Å². The van der Waals surface area contributed by atoms with Crippen LogP contribution in [0.25, 0.3) is 0 Å². The van der Waals surface area contributed by atoms with Crippen LogP contribution in [0.4, 0.5) is 39.5 Å². The summed E-state index contributed by atoms with van der Waals surface area (Å²) in [7, 11) is 0. The van der Waals surface area contributed by atoms with Crippen molar-refractivity contribution < 1.29 is 39.5 Å². The maximum absolute atomic E-state index is 11.7. The summed E-state index contributed by atoms with van der Waals surface area (Å²) in [5.41, 5.74) is 0. The fourth-order valence-electron chi connectivity index (χ4n) is 0.711. The minimum absolute atomic E-state index is 2.11. The molecule has 91 valence electrons. The Balaban J connectivity index is 4.56. The molecule has 0 saturated heterocycles. The molecule has 0 spiro atoms. The molecule has 9 heteroatoms. The molecule has 0 aromatic heterocycles. The van der Waals surface area contributed by atoms with E-state index in [1.807, 2.05) is 0 Å². The van der Waals surface area contributed by atoms with Gasteiger partial charge in [0, 0.05) is 6.42 Å². The Bertz CT molecular complexity index is 180. The van der Waals surface area contributed by atoms with Gasteiger partial charge in [0.1, 0.15) is 0 Å². The van der Waals surface area contributed by atoms with Gasteiger partial charge in [-0.3, -0.25) is 0 Å². The van der Waals surface area contributed by atoms with Gasteiger partial charge in [-0.05, 0) is 6.42 Å². The summed E-state index contributed by atoms with van der Waals surface area (Å²) >= 11 is 0. The van der Waals surface area contributed by atoms with Crippen LogP contribution in [0.2, 0.25) is 0 Å². The van der Waals surface area contributed by atoms with Gasteiger partial charge < -0.3 is 0 Å². The lowest BCUT2D eigenvalue weighted by Crippen LogP contribution is -2.35. The van der Waals surface area contributed by atoms with Crippen LogP contribution in [0, 0.1) is 5.92 Å². The van der Waals surface area contributed by atoms with Gasteiger partial charge in [-0.25, -0.2) is 0 Å². The quantitative estimate of drug-likeness (QED) is 0.646. The zero-order valence-electron chi connectivity index (χ0n) is 6.82. The lowest BCUT2D eigenvalue weighted by molar-refractivity contribution is -0.213. The molecule has 15 heavy (non-hydrogen) atoms. The molecule has 0 atom stereocenters. The van der Waals surface area contributed by atoms with Crippen LogP contribution < -0.4 is 0 Å². The van der Waals surface area contributed by atoms with Crippen LogP contribution in [0.15, 0.2) is 0 Å². The molecular weight excluding hydrogens is 243 g/mol. The fourth-order valence-corrected chi connectivity index (χ4v) is 0.711. The summed E-state index contributed by atoms with van der Waals surface area (Å²) in [6.07, 6.45) is -20.9. The largest absolute Gasteiger partial charge is 0.404 e. The predicted molar refractivity (Wildman–Crippen MR) is 30.6 cm³/mol. The molecule has 0 saturated carbocycles. The van der Waals surface area contributed by atoms with Gasteiger partial charge in [-0.2, -0.15) is 39.5 Å². The third kappa shape index (κ3) is 5.73. The average Bonchev–Trinajstić information content (AvgIpc) is 1.75. The average molecular weight is 247 g/mol. The maximum atomic E-state index is 11.7. The molecule has 0 aromatic rings. The number of alkyl halides is 9. The SMILES string of the molecule is FC(F)(F)CC[C](C(F)(F)F)C(F)(F)F. The number of hydrogen-bond acceptors (Lipinski definition) is 0. The van der Waals surface area contributed by atoms with Crippen molar-refractivity contribution in [2.45, 2.75) is 31.4 Å². The monoisotopic (exact) mass is 247 g/mol. The second-order valence-corrected chi connectivity index (χ2v) is 2.59. The van der Waals surface area contributed by atoms with Crippen LogP contribution in [0.3, 0.4) is 0 Å². The van der Waals surface area contributed by atoms with Gasteiger partial charge in [0.15, 0.2) is 5.92 Å². The molecule has 0 heterocycles. The highest BCUT2D eigenvalue weighted by molar-refractivity contribution is 5.04. The molecule has 0 rings (SSSR count). The standard InChI is InChI=1S/C6H4F9/c7-4(8,9)2-1-3(5(10,11)12)6(13,14)15/h1-2H2. The Kier molecular flexibility index (Phi) is 3.92. The Morgan fingerprint density at radius 1 is 0.667 bits per heavy atom. The van der Waals surface area contributed by atoms with Crippen LogP contribution in [0.5, 0.6) is 0 Å². The topological polar surface area (TPSA) is 0 Å². The van der Waals surface area contributed by atoms with Crippen LogP contribution in [0.1, 0.15) is 12.8 Å². The van der Waals surface area contributed by atoms with Gasteiger partial charge >= 0.3 is 18.5 Å². The summed E-state index contributed by atoms with van der Waals surface area (Å²) < 4.78 is 104. The molecule has 0 aliphatic carbocycles. The lowest BCUT2D eigenvalue weighted by Gasteiger charge is -2.22. The summed E-state index contributed by atoms with van der Waals surface area (Å²) in [6.45, 7) is 0. The lowest BCUT2D eigenvalue weighted by atomic mass is 10.0. The van der Waals surface area contributed by atoms with Crippen molar-refractivity contribution in [3.8, 4) is 0 Å². The highest BCUT2D eigenvalue weighted by Crippen LogP contribution is 2.45. The van der Waals surface area contributed by atoms with Crippen LogP contribution in [-0.4, -0.2) is 18.5 Å². The van der Waals surface area contributed by atoms with Crippen molar-refractivity contribution in [3.63, 3.8) is 0 Å². The minimum Gasteiger partial charge on any atom is -0.171 e. The van der Waals surface area contributed by atoms with E-state index in [4.69, 9.17) is 0 Å². The Morgan fingerprint density at radius 2 is 1.00 bits per heavy atom. The summed E-state index contributed by atoms with van der Waals surface area (Å²) in [5.74, 6) is -3.02. The van der Waals surface area contributed by atoms with Gasteiger partial charge in [-0.1, -0.05) is 0 Å². The summed E-state index contributed by atoms with van der Waals surface area (Å²) in [4.78, 5) is 0. The smallest absolute Gasteiger partial charge is 0.171 e. The van der Waals surface area contributed by atoms with E-state index < -0.39 is 37.3 Å². The molecule has 0 aliphatic rings. The Labute approximate surface area is 78.1 Å². The highest BCUT2D eigenvalue weighted by atomic mass is 19.4. The minimum atomic E-state index is -5.79. The van der Waals surface area contributed by atoms with E-state index in [1.165, 1.54) is 0 Å². The molecule has 0 aliphatic heterocycles. The van der Waals surface area contributed by atoms with Crippen molar-refractivity contribution >= 4 is 0 Å². The summed E-state index contributed by atoms with van der Waals surface area (Å²) in [5, 5.41) is 0. The van der Waals surface area contributed by atoms with E-state index in [0.29, 0.717) is 0 Å². The van der Waals surface area contributed by atoms with Crippen molar-refractivity contribution in [1.82, 2.24) is 0 Å². The van der Waals surface area contributed by atoms with Crippen molar-refractivity contribution in [3.05, 3.63) is 5.92 Å². The maximum Gasteiger partial charge on any atom is 0.404 e. The van der Waals surface area contributed by atoms with E-state index >= 15 is 0 Å². The number of rotatable bonds is 2. The molecule has 1 radical (unpaired) electrons.